The number of ether oxygens (including phenoxy) is 2. The Labute approximate surface area is 113 Å². The van der Waals surface area contributed by atoms with Crippen LogP contribution in [0.4, 0.5) is 5.69 Å². The Hall–Kier alpha value is -1.55. The van der Waals surface area contributed by atoms with Gasteiger partial charge in [-0.1, -0.05) is 17.7 Å². The monoisotopic (exact) mass is 261 g/mol. The minimum absolute atomic E-state index is 0.0190. The SMILES string of the molecule is CCOC(=O)[C@@H]1Nc2ccc(C)cc2C2OCC[C@H]21. The average molecular weight is 261 g/mol. The third-order valence-electron chi connectivity index (χ3n) is 3.93. The van der Waals surface area contributed by atoms with E-state index in [2.05, 4.69) is 18.3 Å². The molecule has 0 radical (unpaired) electrons. The molecule has 3 rings (SSSR count). The molecule has 2 aliphatic heterocycles. The number of nitrogens with one attached hydrogen (secondary N) is 1. The molecule has 2 heterocycles. The second-order valence-corrected chi connectivity index (χ2v) is 5.21. The van der Waals surface area contributed by atoms with Gasteiger partial charge in [0.25, 0.3) is 0 Å². The molecule has 2 aliphatic rings. The smallest absolute Gasteiger partial charge is 0.328 e. The van der Waals surface area contributed by atoms with Crippen molar-refractivity contribution >= 4 is 11.7 Å². The van der Waals surface area contributed by atoms with Crippen LogP contribution in [0.25, 0.3) is 0 Å². The fourth-order valence-electron chi connectivity index (χ4n) is 3.06. The normalized spacial score (nSPS) is 28.2. The zero-order valence-corrected chi connectivity index (χ0v) is 11.3. The first-order valence-electron chi connectivity index (χ1n) is 6.86. The summed E-state index contributed by atoms with van der Waals surface area (Å²) in [4.78, 5) is 12.1. The first kappa shape index (κ1) is 12.5. The van der Waals surface area contributed by atoms with Gasteiger partial charge in [-0.3, -0.25) is 0 Å². The molecule has 1 aromatic rings. The maximum absolute atomic E-state index is 12.1. The predicted molar refractivity (Wildman–Crippen MR) is 72.0 cm³/mol. The lowest BCUT2D eigenvalue weighted by Crippen LogP contribution is -2.43. The van der Waals surface area contributed by atoms with E-state index in [0.717, 1.165) is 12.1 Å². The fourth-order valence-corrected chi connectivity index (χ4v) is 3.06. The molecule has 1 unspecified atom stereocenters. The average Bonchev–Trinajstić information content (AvgIpc) is 2.87. The summed E-state index contributed by atoms with van der Waals surface area (Å²) in [5.74, 6) is 0.00238. The summed E-state index contributed by atoms with van der Waals surface area (Å²) in [6.07, 6.45) is 0.916. The van der Waals surface area contributed by atoms with Crippen LogP contribution in [-0.2, 0) is 14.3 Å². The number of rotatable bonds is 2. The number of anilines is 1. The van der Waals surface area contributed by atoms with Gasteiger partial charge in [-0.15, -0.1) is 0 Å². The van der Waals surface area contributed by atoms with E-state index in [1.807, 2.05) is 19.1 Å². The van der Waals surface area contributed by atoms with Gasteiger partial charge in [0.05, 0.1) is 12.7 Å². The minimum atomic E-state index is -0.289. The molecule has 0 spiro atoms. The van der Waals surface area contributed by atoms with Crippen LogP contribution in [0.3, 0.4) is 0 Å². The summed E-state index contributed by atoms with van der Waals surface area (Å²) in [6.45, 7) is 5.03. The van der Waals surface area contributed by atoms with Gasteiger partial charge in [-0.25, -0.2) is 4.79 Å². The third kappa shape index (κ3) is 2.10. The number of benzene rings is 1. The highest BCUT2D eigenvalue weighted by Crippen LogP contribution is 2.45. The minimum Gasteiger partial charge on any atom is -0.464 e. The molecule has 0 amide bonds. The maximum atomic E-state index is 12.1. The summed E-state index contributed by atoms with van der Waals surface area (Å²) in [5.41, 5.74) is 3.37. The van der Waals surface area contributed by atoms with Crippen LogP contribution in [0.1, 0.15) is 30.6 Å². The Kier molecular flexibility index (Phi) is 3.19. The molecule has 1 aromatic carbocycles. The van der Waals surface area contributed by atoms with E-state index < -0.39 is 0 Å². The van der Waals surface area contributed by atoms with Crippen molar-refractivity contribution in [3.8, 4) is 0 Å². The van der Waals surface area contributed by atoms with Crippen molar-refractivity contribution in [1.82, 2.24) is 0 Å². The molecular formula is C15H19NO3. The Morgan fingerprint density at radius 2 is 2.37 bits per heavy atom. The van der Waals surface area contributed by atoms with E-state index in [9.17, 15) is 4.79 Å². The van der Waals surface area contributed by atoms with Crippen LogP contribution >= 0.6 is 0 Å². The fraction of sp³-hybridized carbons (Fsp3) is 0.533. The second-order valence-electron chi connectivity index (χ2n) is 5.21. The molecule has 102 valence electrons. The number of hydrogen-bond acceptors (Lipinski definition) is 4. The van der Waals surface area contributed by atoms with Crippen LogP contribution in [-0.4, -0.2) is 25.2 Å². The molecule has 0 aliphatic carbocycles. The third-order valence-corrected chi connectivity index (χ3v) is 3.93. The van der Waals surface area contributed by atoms with Gasteiger partial charge in [0.1, 0.15) is 6.04 Å². The lowest BCUT2D eigenvalue weighted by Gasteiger charge is -2.34. The highest BCUT2D eigenvalue weighted by atomic mass is 16.5. The van der Waals surface area contributed by atoms with Crippen molar-refractivity contribution in [3.63, 3.8) is 0 Å². The van der Waals surface area contributed by atoms with E-state index in [1.54, 1.807) is 0 Å². The van der Waals surface area contributed by atoms with E-state index in [-0.39, 0.29) is 24.0 Å². The number of aryl methyl sites for hydroxylation is 1. The second kappa shape index (κ2) is 4.85. The summed E-state index contributed by atoms with van der Waals surface area (Å²) in [5, 5.41) is 3.33. The van der Waals surface area contributed by atoms with Crippen molar-refractivity contribution < 1.29 is 14.3 Å². The van der Waals surface area contributed by atoms with Crippen molar-refractivity contribution in [2.75, 3.05) is 18.5 Å². The lowest BCUT2D eigenvalue weighted by molar-refractivity contribution is -0.146. The van der Waals surface area contributed by atoms with Crippen LogP contribution in [0, 0.1) is 12.8 Å². The zero-order valence-electron chi connectivity index (χ0n) is 11.3. The molecule has 4 heteroatoms. The van der Waals surface area contributed by atoms with Crippen molar-refractivity contribution in [1.29, 1.82) is 0 Å². The first-order chi connectivity index (χ1) is 9.20. The van der Waals surface area contributed by atoms with Crippen LogP contribution in [0.5, 0.6) is 0 Å². The molecule has 1 N–H and O–H groups in total. The van der Waals surface area contributed by atoms with Crippen LogP contribution in [0.15, 0.2) is 18.2 Å². The highest BCUT2D eigenvalue weighted by molar-refractivity contribution is 5.81. The Morgan fingerprint density at radius 3 is 3.16 bits per heavy atom. The van der Waals surface area contributed by atoms with Gasteiger partial charge in [0.2, 0.25) is 0 Å². The van der Waals surface area contributed by atoms with Gasteiger partial charge >= 0.3 is 5.97 Å². The number of carbonyl (C=O) groups is 1. The summed E-state index contributed by atoms with van der Waals surface area (Å²) >= 11 is 0. The Morgan fingerprint density at radius 1 is 1.53 bits per heavy atom. The number of fused-ring (bicyclic) bond motifs is 3. The molecule has 1 saturated heterocycles. The van der Waals surface area contributed by atoms with Gasteiger partial charge < -0.3 is 14.8 Å². The zero-order chi connectivity index (χ0) is 13.4. The molecule has 3 atom stereocenters. The maximum Gasteiger partial charge on any atom is 0.328 e. The van der Waals surface area contributed by atoms with Crippen molar-refractivity contribution in [2.24, 2.45) is 5.92 Å². The molecule has 19 heavy (non-hydrogen) atoms. The van der Waals surface area contributed by atoms with Crippen LogP contribution < -0.4 is 5.32 Å². The molecule has 0 bridgehead atoms. The van der Waals surface area contributed by atoms with Crippen molar-refractivity contribution in [3.05, 3.63) is 29.3 Å². The largest absolute Gasteiger partial charge is 0.464 e. The number of hydrogen-bond donors (Lipinski definition) is 1. The van der Waals surface area contributed by atoms with Gasteiger partial charge in [0, 0.05) is 23.8 Å². The molecular weight excluding hydrogens is 242 g/mol. The quantitative estimate of drug-likeness (QED) is 0.831. The first-order valence-corrected chi connectivity index (χ1v) is 6.86. The number of carbonyl (C=O) groups excluding carboxylic acids is 1. The van der Waals surface area contributed by atoms with Crippen molar-refractivity contribution in [2.45, 2.75) is 32.4 Å². The lowest BCUT2D eigenvalue weighted by atomic mass is 9.83. The summed E-state index contributed by atoms with van der Waals surface area (Å²) in [7, 11) is 0. The van der Waals surface area contributed by atoms with Gasteiger partial charge in [0.15, 0.2) is 0 Å². The molecule has 1 fully saturated rings. The standard InChI is InChI=1S/C15H19NO3/c1-3-18-15(17)13-10-6-7-19-14(10)11-8-9(2)4-5-12(11)16-13/h4-5,8,10,13-14,16H,3,6-7H2,1-2H3/t10-,13+,14?/m0/s1. The predicted octanol–water partition coefficient (Wildman–Crippen LogP) is 2.43. The molecule has 4 nitrogen and oxygen atoms in total. The van der Waals surface area contributed by atoms with E-state index >= 15 is 0 Å². The number of esters is 1. The van der Waals surface area contributed by atoms with E-state index in [0.29, 0.717) is 13.2 Å². The highest BCUT2D eigenvalue weighted by Gasteiger charge is 2.44. The van der Waals surface area contributed by atoms with E-state index in [4.69, 9.17) is 9.47 Å². The van der Waals surface area contributed by atoms with Gasteiger partial charge in [-0.05, 0) is 26.3 Å². The topological polar surface area (TPSA) is 47.6 Å². The van der Waals surface area contributed by atoms with E-state index in [1.165, 1.54) is 11.1 Å². The van der Waals surface area contributed by atoms with Gasteiger partial charge in [-0.2, -0.15) is 0 Å². The Balaban J connectivity index is 1.96. The molecule has 0 saturated carbocycles. The Bertz CT molecular complexity index is 500. The summed E-state index contributed by atoms with van der Waals surface area (Å²) in [6, 6.07) is 5.92. The summed E-state index contributed by atoms with van der Waals surface area (Å²) < 4.78 is 11.0. The van der Waals surface area contributed by atoms with Crippen LogP contribution in [0.2, 0.25) is 0 Å². The molecule has 0 aromatic heterocycles.